The number of carbonyl (C=O) groups is 1. The number of hydrogen-bond acceptors (Lipinski definition) is 2. The van der Waals surface area contributed by atoms with Gasteiger partial charge in [-0.15, -0.1) is 11.6 Å². The fraction of sp³-hybridized carbons (Fsp3) is 0.923. The summed E-state index contributed by atoms with van der Waals surface area (Å²) in [7, 11) is 0. The van der Waals surface area contributed by atoms with Crippen molar-refractivity contribution in [1.29, 1.82) is 0 Å². The van der Waals surface area contributed by atoms with Gasteiger partial charge in [-0.25, -0.2) is 0 Å². The first-order valence-corrected chi connectivity index (χ1v) is 7.20. The SMILES string of the molecule is CCCCCCC(=O)N1CC(C)OC(CCl)C1. The number of ether oxygens (including phenoxy) is 1. The van der Waals surface area contributed by atoms with Crippen molar-refractivity contribution in [3.8, 4) is 0 Å². The third-order valence-electron chi connectivity index (χ3n) is 3.10. The lowest BCUT2D eigenvalue weighted by Crippen LogP contribution is -2.49. The van der Waals surface area contributed by atoms with Crippen LogP contribution in [-0.4, -0.2) is 42.0 Å². The van der Waals surface area contributed by atoms with Crippen molar-refractivity contribution in [3.05, 3.63) is 0 Å². The standard InChI is InChI=1S/C13H24ClNO2/c1-3-4-5-6-7-13(16)15-9-11(2)17-12(8-14)10-15/h11-12H,3-10H2,1-2H3. The van der Waals surface area contributed by atoms with Gasteiger partial charge in [0.2, 0.25) is 5.91 Å². The molecule has 0 aromatic carbocycles. The van der Waals surface area contributed by atoms with Crippen LogP contribution in [0.1, 0.15) is 46.0 Å². The van der Waals surface area contributed by atoms with E-state index in [2.05, 4.69) is 6.92 Å². The summed E-state index contributed by atoms with van der Waals surface area (Å²) in [6, 6.07) is 0. The van der Waals surface area contributed by atoms with Gasteiger partial charge < -0.3 is 9.64 Å². The highest BCUT2D eigenvalue weighted by Crippen LogP contribution is 2.14. The number of nitrogens with zero attached hydrogens (tertiary/aromatic N) is 1. The smallest absolute Gasteiger partial charge is 0.222 e. The number of hydrogen-bond donors (Lipinski definition) is 0. The van der Waals surface area contributed by atoms with E-state index in [4.69, 9.17) is 16.3 Å². The van der Waals surface area contributed by atoms with E-state index in [1.807, 2.05) is 11.8 Å². The van der Waals surface area contributed by atoms with Gasteiger partial charge in [-0.1, -0.05) is 26.2 Å². The molecule has 17 heavy (non-hydrogen) atoms. The largest absolute Gasteiger partial charge is 0.370 e. The molecule has 3 nitrogen and oxygen atoms in total. The number of unbranched alkanes of at least 4 members (excludes halogenated alkanes) is 3. The number of carbonyl (C=O) groups excluding carboxylic acids is 1. The Morgan fingerprint density at radius 1 is 1.35 bits per heavy atom. The molecule has 1 saturated heterocycles. The van der Waals surface area contributed by atoms with Crippen molar-refractivity contribution in [1.82, 2.24) is 4.90 Å². The molecule has 1 aliphatic heterocycles. The van der Waals surface area contributed by atoms with Crippen LogP contribution >= 0.6 is 11.6 Å². The molecule has 0 radical (unpaired) electrons. The second kappa shape index (κ2) is 7.93. The average molecular weight is 262 g/mol. The molecule has 2 atom stereocenters. The van der Waals surface area contributed by atoms with Crippen LogP contribution in [0.2, 0.25) is 0 Å². The Balaban J connectivity index is 2.29. The minimum atomic E-state index is 0.00000785. The normalized spacial score (nSPS) is 25.0. The van der Waals surface area contributed by atoms with Gasteiger partial charge in [0, 0.05) is 19.5 Å². The van der Waals surface area contributed by atoms with E-state index in [0.717, 1.165) is 12.8 Å². The van der Waals surface area contributed by atoms with E-state index < -0.39 is 0 Å². The van der Waals surface area contributed by atoms with Gasteiger partial charge in [0.25, 0.3) is 0 Å². The third kappa shape index (κ3) is 5.26. The first kappa shape index (κ1) is 14.8. The first-order valence-electron chi connectivity index (χ1n) is 6.66. The summed E-state index contributed by atoms with van der Waals surface area (Å²) in [6.07, 6.45) is 5.35. The van der Waals surface area contributed by atoms with E-state index in [1.54, 1.807) is 0 Å². The number of alkyl halides is 1. The van der Waals surface area contributed by atoms with Crippen LogP contribution in [0.3, 0.4) is 0 Å². The van der Waals surface area contributed by atoms with Gasteiger partial charge >= 0.3 is 0 Å². The summed E-state index contributed by atoms with van der Waals surface area (Å²) in [5, 5.41) is 0. The van der Waals surface area contributed by atoms with Crippen LogP contribution in [0.5, 0.6) is 0 Å². The lowest BCUT2D eigenvalue weighted by Gasteiger charge is -2.36. The van der Waals surface area contributed by atoms with E-state index >= 15 is 0 Å². The lowest BCUT2D eigenvalue weighted by molar-refractivity contribution is -0.143. The van der Waals surface area contributed by atoms with Crippen LogP contribution in [0.25, 0.3) is 0 Å². The van der Waals surface area contributed by atoms with Crippen molar-refractivity contribution in [2.24, 2.45) is 0 Å². The quantitative estimate of drug-likeness (QED) is 0.544. The highest BCUT2D eigenvalue weighted by atomic mass is 35.5. The average Bonchev–Trinajstić information content (AvgIpc) is 2.33. The zero-order valence-electron chi connectivity index (χ0n) is 11.0. The monoisotopic (exact) mass is 261 g/mol. The van der Waals surface area contributed by atoms with Gasteiger partial charge in [-0.05, 0) is 13.3 Å². The molecule has 100 valence electrons. The molecule has 1 amide bonds. The molecule has 1 fully saturated rings. The van der Waals surface area contributed by atoms with Crippen LogP contribution in [0.15, 0.2) is 0 Å². The first-order chi connectivity index (χ1) is 8.17. The van der Waals surface area contributed by atoms with E-state index in [9.17, 15) is 4.79 Å². The zero-order valence-corrected chi connectivity index (χ0v) is 11.7. The van der Waals surface area contributed by atoms with Gasteiger partial charge in [0.1, 0.15) is 0 Å². The molecule has 1 rings (SSSR count). The third-order valence-corrected chi connectivity index (χ3v) is 3.44. The van der Waals surface area contributed by atoms with Crippen LogP contribution in [0, 0.1) is 0 Å². The Bertz CT molecular complexity index is 235. The molecule has 2 unspecified atom stereocenters. The second-order valence-corrected chi connectivity index (χ2v) is 5.14. The van der Waals surface area contributed by atoms with Gasteiger partial charge in [0.15, 0.2) is 0 Å². The minimum absolute atomic E-state index is 0.00000785. The maximum Gasteiger partial charge on any atom is 0.222 e. The van der Waals surface area contributed by atoms with E-state index in [0.29, 0.717) is 25.4 Å². The highest BCUT2D eigenvalue weighted by molar-refractivity contribution is 6.18. The molecule has 0 aromatic heterocycles. The van der Waals surface area contributed by atoms with Gasteiger partial charge in [-0.3, -0.25) is 4.79 Å². The van der Waals surface area contributed by atoms with Crippen LogP contribution in [0.4, 0.5) is 0 Å². The minimum Gasteiger partial charge on any atom is -0.370 e. The molecule has 1 heterocycles. The number of amides is 1. The second-order valence-electron chi connectivity index (χ2n) is 4.83. The van der Waals surface area contributed by atoms with Crippen molar-refractivity contribution in [2.45, 2.75) is 58.2 Å². The summed E-state index contributed by atoms with van der Waals surface area (Å²) in [5.74, 6) is 0.718. The fourth-order valence-corrected chi connectivity index (χ4v) is 2.37. The lowest BCUT2D eigenvalue weighted by atomic mass is 10.1. The Morgan fingerprint density at radius 3 is 2.76 bits per heavy atom. The Labute approximate surface area is 109 Å². The summed E-state index contributed by atoms with van der Waals surface area (Å²) >= 11 is 5.80. The molecule has 0 aromatic rings. The maximum atomic E-state index is 12.0. The Kier molecular flexibility index (Phi) is 6.90. The van der Waals surface area contributed by atoms with Gasteiger partial charge in [0.05, 0.1) is 18.1 Å². The van der Waals surface area contributed by atoms with E-state index in [-0.39, 0.29) is 18.1 Å². The maximum absolute atomic E-state index is 12.0. The molecule has 0 aliphatic carbocycles. The number of halogens is 1. The number of rotatable bonds is 6. The van der Waals surface area contributed by atoms with Crippen molar-refractivity contribution < 1.29 is 9.53 Å². The molecular formula is C13H24ClNO2. The zero-order chi connectivity index (χ0) is 12.7. The van der Waals surface area contributed by atoms with Gasteiger partial charge in [-0.2, -0.15) is 0 Å². The summed E-state index contributed by atoms with van der Waals surface area (Å²) in [6.45, 7) is 5.53. The highest BCUT2D eigenvalue weighted by Gasteiger charge is 2.27. The molecule has 0 spiro atoms. The van der Waals surface area contributed by atoms with Crippen LogP contribution in [-0.2, 0) is 9.53 Å². The van der Waals surface area contributed by atoms with E-state index in [1.165, 1.54) is 12.8 Å². The van der Waals surface area contributed by atoms with Crippen molar-refractivity contribution in [3.63, 3.8) is 0 Å². The Hall–Kier alpha value is -0.280. The Morgan fingerprint density at radius 2 is 2.12 bits per heavy atom. The summed E-state index contributed by atoms with van der Waals surface area (Å²) in [5.41, 5.74) is 0. The molecular weight excluding hydrogens is 238 g/mol. The number of morpholine rings is 1. The summed E-state index contributed by atoms with van der Waals surface area (Å²) < 4.78 is 5.63. The molecule has 0 bridgehead atoms. The molecule has 1 aliphatic rings. The predicted octanol–water partition coefficient (Wildman–Crippen LogP) is 2.81. The van der Waals surface area contributed by atoms with Crippen molar-refractivity contribution >= 4 is 17.5 Å². The fourth-order valence-electron chi connectivity index (χ4n) is 2.20. The predicted molar refractivity (Wildman–Crippen MR) is 70.4 cm³/mol. The topological polar surface area (TPSA) is 29.5 Å². The van der Waals surface area contributed by atoms with Crippen LogP contribution < -0.4 is 0 Å². The van der Waals surface area contributed by atoms with Crippen molar-refractivity contribution in [2.75, 3.05) is 19.0 Å². The molecule has 4 heteroatoms. The summed E-state index contributed by atoms with van der Waals surface area (Å²) in [4.78, 5) is 13.9. The molecule has 0 N–H and O–H groups in total. The molecule has 0 saturated carbocycles.